The van der Waals surface area contributed by atoms with Crippen molar-refractivity contribution in [1.82, 2.24) is 35.7 Å². The molecule has 0 unspecified atom stereocenters. The maximum absolute atomic E-state index is 13.2. The zero-order valence-corrected chi connectivity index (χ0v) is 24.9. The molecule has 0 radical (unpaired) electrons. The van der Waals surface area contributed by atoms with Crippen LogP contribution < -0.4 is 10.6 Å². The van der Waals surface area contributed by atoms with Crippen molar-refractivity contribution < 1.29 is 19.1 Å². The number of fused-ring (bicyclic) bond motifs is 4. The fraction of sp³-hybridized carbons (Fsp3) is 0.200. The fourth-order valence-corrected chi connectivity index (χ4v) is 5.00. The van der Waals surface area contributed by atoms with Crippen LogP contribution in [0.1, 0.15) is 42.0 Å². The molecule has 14 heteroatoms. The lowest BCUT2D eigenvalue weighted by molar-refractivity contribution is -0.139. The number of benzene rings is 2. The number of carbonyl (C=O) groups excluding carboxylic acids is 3. The lowest BCUT2D eigenvalue weighted by Gasteiger charge is -2.19. The maximum atomic E-state index is 13.2. The van der Waals surface area contributed by atoms with Crippen LogP contribution in [0.2, 0.25) is 10.2 Å². The largest absolute Gasteiger partial charge is 0.469 e. The van der Waals surface area contributed by atoms with Crippen molar-refractivity contribution in [3.63, 3.8) is 0 Å². The zero-order valence-electron chi connectivity index (χ0n) is 23.4. The molecule has 2 aromatic carbocycles. The summed E-state index contributed by atoms with van der Waals surface area (Å²) in [4.78, 5) is 37.8. The summed E-state index contributed by atoms with van der Waals surface area (Å²) >= 11 is 12.7. The van der Waals surface area contributed by atoms with E-state index >= 15 is 0 Å². The predicted octanol–water partition coefficient (Wildman–Crippen LogP) is 4.69. The first-order valence-corrected chi connectivity index (χ1v) is 14.3. The molecule has 0 fully saturated rings. The van der Waals surface area contributed by atoms with E-state index in [9.17, 15) is 14.4 Å². The van der Waals surface area contributed by atoms with Gasteiger partial charge in [0, 0.05) is 34.2 Å². The Labute approximate surface area is 262 Å². The highest BCUT2D eigenvalue weighted by Crippen LogP contribution is 2.33. The van der Waals surface area contributed by atoms with Gasteiger partial charge in [0.05, 0.1) is 36.6 Å². The Morgan fingerprint density at radius 1 is 1.14 bits per heavy atom. The standard InChI is InChI=1S/C30H26Cl2N8O4/c1-44-29(43)14-18-7-10-21-24(13-18)35-27(41)6-4-2-3-5-23(22-16-25(21)36-37-30(22)32)34-28(42)12-8-19-15-20(31)9-11-26(19)40-17-33-38-39-40/h2-3,7-13,15-17,23H,4-6,14H2,1H3,(H,34,42)(H,35,41)/b3-2+,12-8+/t23-/m0/s1. The molecule has 1 aliphatic rings. The van der Waals surface area contributed by atoms with Crippen LogP contribution in [0.4, 0.5) is 5.69 Å². The number of aromatic nitrogens is 6. The summed E-state index contributed by atoms with van der Waals surface area (Å²) < 4.78 is 6.25. The molecule has 12 nitrogen and oxygen atoms in total. The van der Waals surface area contributed by atoms with Crippen molar-refractivity contribution >= 4 is 52.7 Å². The van der Waals surface area contributed by atoms with Crippen LogP contribution in [0.5, 0.6) is 0 Å². The number of hydrogen-bond acceptors (Lipinski definition) is 9. The van der Waals surface area contributed by atoms with Crippen LogP contribution in [-0.4, -0.2) is 55.3 Å². The number of halogens is 2. The SMILES string of the molecule is COC(=O)Cc1ccc2c(c1)NC(=O)CC/C=C/C[C@H](NC(=O)/C=C/c1cc(Cl)ccc1-n1cnnn1)c1cc-2nnc1Cl. The third-order valence-electron chi connectivity index (χ3n) is 6.75. The van der Waals surface area contributed by atoms with Gasteiger partial charge in [0.25, 0.3) is 0 Å². The van der Waals surface area contributed by atoms with Gasteiger partial charge in [0.1, 0.15) is 6.33 Å². The molecule has 2 bridgehead atoms. The van der Waals surface area contributed by atoms with Crippen LogP contribution in [0.15, 0.2) is 67.0 Å². The lowest BCUT2D eigenvalue weighted by Crippen LogP contribution is -2.27. The molecule has 224 valence electrons. The second-order valence-corrected chi connectivity index (χ2v) is 10.5. The molecule has 0 aliphatic carbocycles. The zero-order chi connectivity index (χ0) is 31.1. The van der Waals surface area contributed by atoms with Crippen molar-refractivity contribution in [2.24, 2.45) is 0 Å². The minimum absolute atomic E-state index is 0.0357. The average molecular weight is 633 g/mol. The number of rotatable bonds is 6. The third kappa shape index (κ3) is 7.52. The van der Waals surface area contributed by atoms with E-state index < -0.39 is 17.9 Å². The molecule has 0 saturated carbocycles. The number of amides is 2. The van der Waals surface area contributed by atoms with E-state index in [4.69, 9.17) is 27.9 Å². The summed E-state index contributed by atoms with van der Waals surface area (Å²) in [6.45, 7) is 0. The van der Waals surface area contributed by atoms with Crippen LogP contribution >= 0.6 is 23.2 Å². The molecule has 1 atom stereocenters. The van der Waals surface area contributed by atoms with Gasteiger partial charge < -0.3 is 15.4 Å². The number of tetrazole rings is 1. The van der Waals surface area contributed by atoms with Gasteiger partial charge in [-0.25, -0.2) is 0 Å². The van der Waals surface area contributed by atoms with Gasteiger partial charge in [0.2, 0.25) is 11.8 Å². The van der Waals surface area contributed by atoms with Gasteiger partial charge in [-0.1, -0.05) is 47.5 Å². The van der Waals surface area contributed by atoms with E-state index in [0.717, 1.165) is 0 Å². The van der Waals surface area contributed by atoms with E-state index in [1.54, 1.807) is 48.5 Å². The molecular formula is C30H26Cl2N8O4. The lowest BCUT2D eigenvalue weighted by atomic mass is 10.00. The summed E-state index contributed by atoms with van der Waals surface area (Å²) in [5, 5.41) is 26.2. The second-order valence-electron chi connectivity index (χ2n) is 9.75. The topological polar surface area (TPSA) is 154 Å². The molecule has 0 saturated heterocycles. The number of allylic oxidation sites excluding steroid dienone is 1. The first-order chi connectivity index (χ1) is 21.3. The van der Waals surface area contributed by atoms with Crippen LogP contribution in [-0.2, 0) is 25.5 Å². The van der Waals surface area contributed by atoms with Crippen LogP contribution in [0, 0.1) is 0 Å². The number of hydrogen-bond donors (Lipinski definition) is 2. The Balaban J connectivity index is 1.47. The van der Waals surface area contributed by atoms with Gasteiger partial charge >= 0.3 is 5.97 Å². The van der Waals surface area contributed by atoms with Gasteiger partial charge in [-0.2, -0.15) is 4.68 Å². The Morgan fingerprint density at radius 2 is 2.00 bits per heavy atom. The molecule has 2 N–H and O–H groups in total. The van der Waals surface area contributed by atoms with Crippen molar-refractivity contribution in [3.8, 4) is 16.9 Å². The van der Waals surface area contributed by atoms with E-state index in [0.29, 0.717) is 57.2 Å². The van der Waals surface area contributed by atoms with E-state index in [2.05, 4.69) is 36.4 Å². The molecule has 0 spiro atoms. The molecular weight excluding hydrogens is 607 g/mol. The predicted molar refractivity (Wildman–Crippen MR) is 164 cm³/mol. The van der Waals surface area contributed by atoms with Gasteiger partial charge in [-0.15, -0.1) is 15.3 Å². The average Bonchev–Trinajstić information content (AvgIpc) is 3.54. The van der Waals surface area contributed by atoms with Gasteiger partial charge in [-0.05, 0) is 65.2 Å². The van der Waals surface area contributed by atoms with E-state index in [-0.39, 0.29) is 23.9 Å². The van der Waals surface area contributed by atoms with E-state index in [1.807, 2.05) is 12.2 Å². The fourth-order valence-electron chi connectivity index (χ4n) is 4.60. The normalized spacial score (nSPS) is 15.7. The van der Waals surface area contributed by atoms with Crippen molar-refractivity contribution in [2.75, 3.05) is 12.4 Å². The molecule has 1 aliphatic heterocycles. The highest BCUT2D eigenvalue weighted by atomic mass is 35.5. The summed E-state index contributed by atoms with van der Waals surface area (Å²) in [5.74, 6) is -1.01. The van der Waals surface area contributed by atoms with Crippen molar-refractivity contribution in [1.29, 1.82) is 0 Å². The van der Waals surface area contributed by atoms with Crippen molar-refractivity contribution in [2.45, 2.75) is 31.7 Å². The summed E-state index contributed by atoms with van der Waals surface area (Å²) in [7, 11) is 1.31. The Kier molecular flexibility index (Phi) is 9.72. The maximum Gasteiger partial charge on any atom is 0.309 e. The third-order valence-corrected chi connectivity index (χ3v) is 7.28. The summed E-state index contributed by atoms with van der Waals surface area (Å²) in [6, 6.07) is 11.5. The summed E-state index contributed by atoms with van der Waals surface area (Å²) in [6.07, 6.45) is 9.30. The molecule has 2 aromatic heterocycles. The smallest absolute Gasteiger partial charge is 0.309 e. The number of esters is 1. The number of nitrogens with zero attached hydrogens (tertiary/aromatic N) is 6. The number of methoxy groups -OCH3 is 1. The first kappa shape index (κ1) is 30.5. The highest BCUT2D eigenvalue weighted by Gasteiger charge is 2.21. The minimum atomic E-state index is -0.574. The van der Waals surface area contributed by atoms with Crippen LogP contribution in [0.25, 0.3) is 23.0 Å². The van der Waals surface area contributed by atoms with Gasteiger partial charge in [0.15, 0.2) is 5.15 Å². The Bertz CT molecular complexity index is 1760. The Morgan fingerprint density at radius 3 is 2.80 bits per heavy atom. The monoisotopic (exact) mass is 632 g/mol. The van der Waals surface area contributed by atoms with Gasteiger partial charge in [-0.3, -0.25) is 14.4 Å². The molecule has 2 amide bonds. The number of anilines is 1. The highest BCUT2D eigenvalue weighted by molar-refractivity contribution is 6.31. The van der Waals surface area contributed by atoms with Crippen molar-refractivity contribution in [3.05, 3.63) is 93.9 Å². The number of carbonyl (C=O) groups is 3. The first-order valence-electron chi connectivity index (χ1n) is 13.5. The number of ether oxygens (including phenoxy) is 1. The second kappa shape index (κ2) is 14.0. The molecule has 44 heavy (non-hydrogen) atoms. The minimum Gasteiger partial charge on any atom is -0.469 e. The quantitative estimate of drug-likeness (QED) is 0.175. The Hall–Kier alpha value is -4.94. The summed E-state index contributed by atoms with van der Waals surface area (Å²) in [5.41, 5.74) is 3.91. The number of nitrogens with one attached hydrogen (secondary N) is 2. The molecule has 5 rings (SSSR count). The molecule has 3 heterocycles. The molecule has 4 aromatic rings. The van der Waals surface area contributed by atoms with E-state index in [1.165, 1.54) is 24.2 Å². The van der Waals surface area contributed by atoms with Crippen LogP contribution in [0.3, 0.4) is 0 Å².